The second-order valence-electron chi connectivity index (χ2n) is 6.24. The Labute approximate surface area is 156 Å². The number of nitrogens with zero attached hydrogens (tertiary/aromatic N) is 1. The maximum atomic E-state index is 13.3. The second-order valence-corrected chi connectivity index (χ2v) is 9.24. The molecule has 136 valence electrons. The summed E-state index contributed by atoms with van der Waals surface area (Å²) in [7, 11) is -3.78. The van der Waals surface area contributed by atoms with Crippen molar-refractivity contribution in [3.63, 3.8) is 0 Å². The summed E-state index contributed by atoms with van der Waals surface area (Å²) in [6, 6.07) is 12.0. The predicted octanol–water partition coefficient (Wildman–Crippen LogP) is 3.10. The molecular formula is C18H18N2O4S2. The van der Waals surface area contributed by atoms with Crippen molar-refractivity contribution in [3.05, 3.63) is 42.5 Å². The highest BCUT2D eigenvalue weighted by Gasteiger charge is 2.33. The van der Waals surface area contributed by atoms with Crippen LogP contribution in [0.5, 0.6) is 5.75 Å². The molecule has 0 unspecified atom stereocenters. The van der Waals surface area contributed by atoms with Gasteiger partial charge in [-0.05, 0) is 37.3 Å². The molecule has 0 radical (unpaired) electrons. The van der Waals surface area contributed by atoms with Crippen LogP contribution in [0.4, 0.5) is 11.4 Å². The number of carbonyl (C=O) groups excluding carboxylic acids is 1. The first-order valence-electron chi connectivity index (χ1n) is 8.30. The standard InChI is InChI=1S/C18H18N2O4S2/c1-12-11-20(15-4-2-3-5-16(15)24-12)26(22,23)13-6-7-17-14(10-13)19-18(21)8-9-25-17/h2-7,10,12H,8-9,11H2,1H3,(H,19,21)/t12-/m0/s1. The van der Waals surface area contributed by atoms with Gasteiger partial charge in [-0.25, -0.2) is 8.42 Å². The third-order valence-corrected chi connectivity index (χ3v) is 7.14. The fraction of sp³-hybridized carbons (Fsp3) is 0.278. The number of hydrogen-bond acceptors (Lipinski definition) is 5. The van der Waals surface area contributed by atoms with E-state index in [1.54, 1.807) is 48.2 Å². The molecule has 2 aliphatic heterocycles. The first-order chi connectivity index (χ1) is 12.4. The fourth-order valence-corrected chi connectivity index (χ4v) is 5.58. The van der Waals surface area contributed by atoms with Crippen LogP contribution in [-0.4, -0.2) is 32.7 Å². The van der Waals surface area contributed by atoms with Crippen molar-refractivity contribution >= 4 is 39.1 Å². The largest absolute Gasteiger partial charge is 0.487 e. The van der Waals surface area contributed by atoms with Crippen molar-refractivity contribution in [1.29, 1.82) is 0 Å². The number of hydrogen-bond donors (Lipinski definition) is 1. The van der Waals surface area contributed by atoms with E-state index in [0.29, 0.717) is 29.3 Å². The fourth-order valence-electron chi connectivity index (χ4n) is 3.06. The molecule has 1 N–H and O–H groups in total. The lowest BCUT2D eigenvalue weighted by Crippen LogP contribution is -2.42. The molecule has 0 saturated carbocycles. The van der Waals surface area contributed by atoms with Gasteiger partial charge in [0.05, 0.1) is 22.8 Å². The molecule has 0 saturated heterocycles. The quantitative estimate of drug-likeness (QED) is 0.853. The topological polar surface area (TPSA) is 75.7 Å². The maximum absolute atomic E-state index is 13.3. The molecule has 0 aliphatic carbocycles. The Hall–Kier alpha value is -2.19. The lowest BCUT2D eigenvalue weighted by atomic mass is 10.2. The van der Waals surface area contributed by atoms with Crippen LogP contribution in [0.3, 0.4) is 0 Å². The van der Waals surface area contributed by atoms with Gasteiger partial charge in [-0.3, -0.25) is 9.10 Å². The van der Waals surface area contributed by atoms with Crippen LogP contribution >= 0.6 is 11.8 Å². The van der Waals surface area contributed by atoms with Crippen LogP contribution in [-0.2, 0) is 14.8 Å². The van der Waals surface area contributed by atoms with E-state index < -0.39 is 10.0 Å². The summed E-state index contributed by atoms with van der Waals surface area (Å²) >= 11 is 1.55. The van der Waals surface area contributed by atoms with E-state index in [-0.39, 0.29) is 23.5 Å². The molecule has 2 aromatic carbocycles. The number of sulfonamides is 1. The van der Waals surface area contributed by atoms with E-state index in [0.717, 1.165) is 4.90 Å². The van der Waals surface area contributed by atoms with Crippen LogP contribution in [0.25, 0.3) is 0 Å². The summed E-state index contributed by atoms with van der Waals surface area (Å²) in [6.07, 6.45) is 0.159. The van der Waals surface area contributed by atoms with Crippen molar-refractivity contribution in [2.24, 2.45) is 0 Å². The van der Waals surface area contributed by atoms with Gasteiger partial charge in [0.15, 0.2) is 0 Å². The summed E-state index contributed by atoms with van der Waals surface area (Å²) in [4.78, 5) is 12.8. The Bertz CT molecular complexity index is 975. The molecule has 0 spiro atoms. The number of anilines is 2. The highest BCUT2D eigenvalue weighted by Crippen LogP contribution is 2.38. The van der Waals surface area contributed by atoms with Gasteiger partial charge >= 0.3 is 0 Å². The number of nitrogens with one attached hydrogen (secondary N) is 1. The zero-order valence-corrected chi connectivity index (χ0v) is 15.8. The molecule has 4 rings (SSSR count). The number of fused-ring (bicyclic) bond motifs is 2. The van der Waals surface area contributed by atoms with Gasteiger partial charge in [0.25, 0.3) is 10.0 Å². The SMILES string of the molecule is C[C@H]1CN(S(=O)(=O)c2ccc3c(c2)NC(=O)CCS3)c2ccccc2O1. The number of thioether (sulfide) groups is 1. The molecule has 2 aliphatic rings. The second kappa shape index (κ2) is 6.51. The van der Waals surface area contributed by atoms with Crippen molar-refractivity contribution in [2.45, 2.75) is 29.2 Å². The van der Waals surface area contributed by atoms with Gasteiger partial charge in [0.2, 0.25) is 5.91 Å². The predicted molar refractivity (Wildman–Crippen MR) is 101 cm³/mol. The molecule has 0 aromatic heterocycles. The van der Waals surface area contributed by atoms with Crippen LogP contribution in [0.15, 0.2) is 52.3 Å². The summed E-state index contributed by atoms with van der Waals surface area (Å²) in [5.41, 5.74) is 1.08. The number of para-hydroxylation sites is 2. The zero-order chi connectivity index (χ0) is 18.3. The van der Waals surface area contributed by atoms with Crippen LogP contribution in [0.1, 0.15) is 13.3 Å². The summed E-state index contributed by atoms with van der Waals surface area (Å²) < 4.78 is 33.7. The molecule has 1 atom stereocenters. The first kappa shape index (κ1) is 17.2. The number of benzene rings is 2. The van der Waals surface area contributed by atoms with Crippen molar-refractivity contribution in [3.8, 4) is 5.75 Å². The van der Waals surface area contributed by atoms with E-state index in [2.05, 4.69) is 5.32 Å². The van der Waals surface area contributed by atoms with Crippen molar-refractivity contribution in [1.82, 2.24) is 0 Å². The average molecular weight is 390 g/mol. The molecule has 0 bridgehead atoms. The maximum Gasteiger partial charge on any atom is 0.264 e. The summed E-state index contributed by atoms with van der Waals surface area (Å²) in [5.74, 6) is 1.13. The van der Waals surface area contributed by atoms with Gasteiger partial charge < -0.3 is 10.1 Å². The van der Waals surface area contributed by atoms with E-state index in [1.807, 2.05) is 13.0 Å². The molecule has 0 fully saturated rings. The van der Waals surface area contributed by atoms with Gasteiger partial charge in [-0.2, -0.15) is 0 Å². The Balaban J connectivity index is 1.77. The van der Waals surface area contributed by atoms with E-state index in [4.69, 9.17) is 4.74 Å². The smallest absolute Gasteiger partial charge is 0.264 e. The Kier molecular flexibility index (Phi) is 4.32. The zero-order valence-electron chi connectivity index (χ0n) is 14.1. The summed E-state index contributed by atoms with van der Waals surface area (Å²) in [5, 5.41) is 2.80. The molecule has 26 heavy (non-hydrogen) atoms. The number of amides is 1. The van der Waals surface area contributed by atoms with Gasteiger partial charge in [0, 0.05) is 17.1 Å². The molecular weight excluding hydrogens is 372 g/mol. The van der Waals surface area contributed by atoms with Crippen molar-refractivity contribution in [2.75, 3.05) is 21.9 Å². The minimum atomic E-state index is -3.78. The minimum Gasteiger partial charge on any atom is -0.487 e. The van der Waals surface area contributed by atoms with Gasteiger partial charge in [-0.15, -0.1) is 11.8 Å². The van der Waals surface area contributed by atoms with Gasteiger partial charge in [0.1, 0.15) is 11.9 Å². The monoisotopic (exact) mass is 390 g/mol. The molecule has 2 aromatic rings. The minimum absolute atomic E-state index is 0.101. The van der Waals surface area contributed by atoms with E-state index >= 15 is 0 Å². The van der Waals surface area contributed by atoms with Crippen molar-refractivity contribution < 1.29 is 17.9 Å². The number of carbonyl (C=O) groups is 1. The van der Waals surface area contributed by atoms with Crippen LogP contribution in [0.2, 0.25) is 0 Å². The van der Waals surface area contributed by atoms with E-state index in [1.165, 1.54) is 4.31 Å². The average Bonchev–Trinajstić information content (AvgIpc) is 2.80. The third kappa shape index (κ3) is 3.03. The molecule has 6 nitrogen and oxygen atoms in total. The normalized spacial score (nSPS) is 19.7. The number of rotatable bonds is 2. The first-order valence-corrected chi connectivity index (χ1v) is 10.7. The third-order valence-electron chi connectivity index (χ3n) is 4.28. The lowest BCUT2D eigenvalue weighted by Gasteiger charge is -2.34. The Morgan fingerprint density at radius 2 is 2.04 bits per heavy atom. The Morgan fingerprint density at radius 1 is 1.23 bits per heavy atom. The van der Waals surface area contributed by atoms with Crippen LogP contribution < -0.4 is 14.4 Å². The molecule has 2 heterocycles. The Morgan fingerprint density at radius 3 is 2.88 bits per heavy atom. The number of ether oxygens (including phenoxy) is 1. The molecule has 8 heteroatoms. The highest BCUT2D eigenvalue weighted by molar-refractivity contribution is 7.99. The van der Waals surface area contributed by atoms with Crippen LogP contribution in [0, 0.1) is 0 Å². The summed E-state index contributed by atoms with van der Waals surface area (Å²) in [6.45, 7) is 2.07. The lowest BCUT2D eigenvalue weighted by molar-refractivity contribution is -0.115. The highest BCUT2D eigenvalue weighted by atomic mass is 32.2. The molecule has 1 amide bonds. The van der Waals surface area contributed by atoms with E-state index in [9.17, 15) is 13.2 Å². The van der Waals surface area contributed by atoms with Gasteiger partial charge in [-0.1, -0.05) is 12.1 Å².